The minimum absolute atomic E-state index is 0.0811. The monoisotopic (exact) mass is 885 g/mol. The van der Waals surface area contributed by atoms with Crippen LogP contribution in [0.1, 0.15) is 123 Å². The van der Waals surface area contributed by atoms with Gasteiger partial charge in [0.25, 0.3) is 0 Å². The van der Waals surface area contributed by atoms with Gasteiger partial charge in [-0.15, -0.1) is 0 Å². The van der Waals surface area contributed by atoms with Gasteiger partial charge >= 0.3 is 0 Å². The average molecular weight is 885 g/mol. The van der Waals surface area contributed by atoms with Crippen LogP contribution in [0.15, 0.2) is 170 Å². The first-order chi connectivity index (χ1) is 31.6. The minimum atomic E-state index is -1.03. The fourth-order valence-electron chi connectivity index (χ4n) is 10.1. The molecule has 0 saturated carbocycles. The second kappa shape index (κ2) is 21.2. The summed E-state index contributed by atoms with van der Waals surface area (Å²) in [6.45, 7) is 17.5. The summed E-state index contributed by atoms with van der Waals surface area (Å²) in [5.41, 5.74) is 6.19. The van der Waals surface area contributed by atoms with Gasteiger partial charge < -0.3 is 20.2 Å². The molecular weight excluding hydrogens is 813 g/mol. The molecule has 0 radical (unpaired) electrons. The van der Waals surface area contributed by atoms with Crippen LogP contribution >= 0.6 is 0 Å². The van der Waals surface area contributed by atoms with Crippen molar-refractivity contribution >= 4 is 5.78 Å². The molecule has 0 spiro atoms. The van der Waals surface area contributed by atoms with Crippen molar-refractivity contribution in [1.29, 1.82) is 0 Å². The number of likely N-dealkylation sites (tertiary alicyclic amines) is 2. The third-order valence-electron chi connectivity index (χ3n) is 14.2. The lowest BCUT2D eigenvalue weighted by molar-refractivity contribution is -0.0198. The quantitative estimate of drug-likeness (QED) is 0.106. The zero-order valence-corrected chi connectivity index (χ0v) is 40.1. The summed E-state index contributed by atoms with van der Waals surface area (Å²) in [6, 6.07) is 56.5. The van der Waals surface area contributed by atoms with Gasteiger partial charge in [0.1, 0.15) is 11.2 Å². The van der Waals surface area contributed by atoms with Crippen molar-refractivity contribution in [2.24, 2.45) is 11.8 Å². The summed E-state index contributed by atoms with van der Waals surface area (Å²) >= 11 is 0. The summed E-state index contributed by atoms with van der Waals surface area (Å²) < 4.78 is 0. The van der Waals surface area contributed by atoms with E-state index >= 15 is 0 Å². The van der Waals surface area contributed by atoms with Crippen LogP contribution in [0, 0.1) is 11.8 Å². The van der Waals surface area contributed by atoms with Crippen molar-refractivity contribution in [2.75, 3.05) is 39.3 Å². The normalized spacial score (nSPS) is 16.6. The standard InChI is InChI=1S/C30H37NO2.C30H35NO2/c2*1-29(2,3)24-16-14-23(15-17-24)28(32)22-31-20-18-27(19-21-31)30(33,25-10-6-4-7-11-25)26-12-8-5-9-13-26/h4-17,27-28,32-33H,18-22H2,1-3H3;4-17,27,33H,18-22H2,1-3H3. The molecular formula is C60H72N2O4. The topological polar surface area (TPSA) is 84.2 Å². The molecule has 6 heteroatoms. The van der Waals surface area contributed by atoms with Crippen LogP contribution in [0.5, 0.6) is 0 Å². The number of piperidine rings is 2. The van der Waals surface area contributed by atoms with E-state index in [-0.39, 0.29) is 28.4 Å². The van der Waals surface area contributed by atoms with E-state index < -0.39 is 17.3 Å². The lowest BCUT2D eigenvalue weighted by atomic mass is 9.72. The van der Waals surface area contributed by atoms with Crippen molar-refractivity contribution in [3.8, 4) is 0 Å². The molecule has 2 saturated heterocycles. The predicted octanol–water partition coefficient (Wildman–Crippen LogP) is 11.5. The summed E-state index contributed by atoms with van der Waals surface area (Å²) in [5, 5.41) is 34.9. The maximum atomic E-state index is 12.9. The number of β-amino-alcohol motifs (C(OH)–C–C–N with tert-alkyl or cyclic N) is 1. The molecule has 0 aromatic heterocycles. The molecule has 2 aliphatic rings. The number of rotatable bonds is 12. The SMILES string of the molecule is CC(C)(C)c1ccc(C(=O)CN2CCC(C(O)(c3ccccc3)c3ccccc3)CC2)cc1.CC(C)(C)c1ccc(C(O)CN2CCC(C(O)(c3ccccc3)c3ccccc3)CC2)cc1. The summed E-state index contributed by atoms with van der Waals surface area (Å²) in [4.78, 5) is 17.5. The van der Waals surface area contributed by atoms with E-state index in [0.29, 0.717) is 13.1 Å². The van der Waals surface area contributed by atoms with E-state index in [1.165, 1.54) is 11.1 Å². The third-order valence-corrected chi connectivity index (χ3v) is 14.2. The van der Waals surface area contributed by atoms with Gasteiger partial charge in [0.2, 0.25) is 0 Å². The van der Waals surface area contributed by atoms with E-state index in [2.05, 4.69) is 87.7 Å². The van der Waals surface area contributed by atoms with Gasteiger partial charge in [0.05, 0.1) is 12.6 Å². The lowest BCUT2D eigenvalue weighted by Crippen LogP contribution is -2.45. The van der Waals surface area contributed by atoms with Crippen molar-refractivity contribution in [1.82, 2.24) is 9.80 Å². The van der Waals surface area contributed by atoms with E-state index in [1.807, 2.05) is 133 Å². The number of benzene rings is 6. The minimum Gasteiger partial charge on any atom is -0.387 e. The second-order valence-electron chi connectivity index (χ2n) is 20.8. The number of hydrogen-bond donors (Lipinski definition) is 3. The number of ketones is 1. The Morgan fingerprint density at radius 3 is 1.12 bits per heavy atom. The molecule has 3 N–H and O–H groups in total. The maximum Gasteiger partial charge on any atom is 0.176 e. The number of carbonyl (C=O) groups excluding carboxylic acids is 1. The number of aliphatic hydroxyl groups excluding tert-OH is 1. The third kappa shape index (κ3) is 11.5. The van der Waals surface area contributed by atoms with Crippen molar-refractivity contribution in [3.63, 3.8) is 0 Å². The molecule has 1 unspecified atom stereocenters. The number of Topliss-reactive ketones (excluding diaryl/α,β-unsaturated/α-hetero) is 1. The Hall–Kier alpha value is -5.21. The highest BCUT2D eigenvalue weighted by molar-refractivity contribution is 5.97. The van der Waals surface area contributed by atoms with Crippen LogP contribution in [-0.4, -0.2) is 70.2 Å². The number of carbonyl (C=O) groups is 1. The molecule has 0 bridgehead atoms. The van der Waals surface area contributed by atoms with E-state index in [4.69, 9.17) is 0 Å². The summed E-state index contributed by atoms with van der Waals surface area (Å²) in [5.74, 6) is 0.386. The van der Waals surface area contributed by atoms with Gasteiger partial charge in [-0.25, -0.2) is 0 Å². The first-order valence-electron chi connectivity index (χ1n) is 24.1. The van der Waals surface area contributed by atoms with Gasteiger partial charge in [0.15, 0.2) is 5.78 Å². The molecule has 1 atom stereocenters. The first-order valence-corrected chi connectivity index (χ1v) is 24.1. The largest absolute Gasteiger partial charge is 0.387 e. The number of aliphatic hydroxyl groups is 3. The van der Waals surface area contributed by atoms with Crippen LogP contribution in [0.2, 0.25) is 0 Å². The summed E-state index contributed by atoms with van der Waals surface area (Å²) in [6.07, 6.45) is 2.96. The lowest BCUT2D eigenvalue weighted by Gasteiger charge is -2.42. The molecule has 0 aliphatic carbocycles. The molecule has 2 aliphatic heterocycles. The van der Waals surface area contributed by atoms with E-state index in [1.54, 1.807) is 0 Å². The van der Waals surface area contributed by atoms with Crippen LogP contribution in [0.4, 0.5) is 0 Å². The molecule has 2 fully saturated rings. The molecule has 6 aromatic rings. The second-order valence-corrected chi connectivity index (χ2v) is 20.8. The van der Waals surface area contributed by atoms with Crippen molar-refractivity contribution in [3.05, 3.63) is 214 Å². The zero-order chi connectivity index (χ0) is 47.0. The Morgan fingerprint density at radius 1 is 0.470 bits per heavy atom. The first kappa shape index (κ1) is 48.7. The van der Waals surface area contributed by atoms with Gasteiger partial charge in [-0.2, -0.15) is 0 Å². The Kier molecular flexibility index (Phi) is 15.6. The van der Waals surface area contributed by atoms with E-state index in [0.717, 1.165) is 85.2 Å². The molecule has 346 valence electrons. The highest BCUT2D eigenvalue weighted by atomic mass is 16.3. The van der Waals surface area contributed by atoms with E-state index in [9.17, 15) is 20.1 Å². The van der Waals surface area contributed by atoms with Gasteiger partial charge in [-0.3, -0.25) is 9.69 Å². The zero-order valence-electron chi connectivity index (χ0n) is 40.1. The highest BCUT2D eigenvalue weighted by Crippen LogP contribution is 2.43. The van der Waals surface area contributed by atoms with Crippen LogP contribution in [-0.2, 0) is 22.0 Å². The van der Waals surface area contributed by atoms with Gasteiger partial charge in [-0.05, 0) is 113 Å². The van der Waals surface area contributed by atoms with Crippen molar-refractivity contribution in [2.45, 2.75) is 95.4 Å². The highest BCUT2D eigenvalue weighted by Gasteiger charge is 2.43. The molecule has 6 nitrogen and oxygen atoms in total. The number of hydrogen-bond acceptors (Lipinski definition) is 6. The smallest absolute Gasteiger partial charge is 0.176 e. The van der Waals surface area contributed by atoms with Crippen molar-refractivity contribution < 1.29 is 20.1 Å². The molecule has 0 amide bonds. The molecule has 66 heavy (non-hydrogen) atoms. The number of nitrogens with zero attached hydrogens (tertiary/aromatic N) is 2. The predicted molar refractivity (Wildman–Crippen MR) is 270 cm³/mol. The van der Waals surface area contributed by atoms with Gasteiger partial charge in [-0.1, -0.05) is 211 Å². The Labute approximate surface area is 395 Å². The maximum absolute atomic E-state index is 12.9. The fraction of sp³-hybridized carbons (Fsp3) is 0.383. The summed E-state index contributed by atoms with van der Waals surface area (Å²) in [7, 11) is 0. The molecule has 6 aromatic carbocycles. The Bertz CT molecular complexity index is 2310. The molecule has 2 heterocycles. The average Bonchev–Trinajstić information content (AvgIpc) is 3.35. The van der Waals surface area contributed by atoms with Crippen LogP contribution in [0.25, 0.3) is 0 Å². The van der Waals surface area contributed by atoms with Gasteiger partial charge in [0, 0.05) is 12.1 Å². The Balaban J connectivity index is 0.000000196. The fourth-order valence-corrected chi connectivity index (χ4v) is 10.1. The Morgan fingerprint density at radius 2 is 0.788 bits per heavy atom. The van der Waals surface area contributed by atoms with Crippen LogP contribution < -0.4 is 0 Å². The molecule has 8 rings (SSSR count). The van der Waals surface area contributed by atoms with Crippen LogP contribution in [0.3, 0.4) is 0 Å².